The molecule has 0 heterocycles. The molecule has 0 aromatic heterocycles. The van der Waals surface area contributed by atoms with E-state index >= 15 is 0 Å². The van der Waals surface area contributed by atoms with Crippen molar-refractivity contribution in [3.8, 4) is 0 Å². The highest BCUT2D eigenvalue weighted by molar-refractivity contribution is 5.72. The molecular weight excluding hydrogens is 178 g/mol. The normalized spacial score (nSPS) is 12.5. The molecular formula is C11H23NO2. The number of amides is 1. The highest BCUT2D eigenvalue weighted by atomic mass is 16.3. The second-order valence-corrected chi connectivity index (χ2v) is 3.89. The summed E-state index contributed by atoms with van der Waals surface area (Å²) < 4.78 is 0. The molecule has 0 bridgehead atoms. The Kier molecular flexibility index (Phi) is 8.64. The van der Waals surface area contributed by atoms with Crippen molar-refractivity contribution in [1.29, 1.82) is 0 Å². The average molecular weight is 201 g/mol. The second-order valence-electron chi connectivity index (χ2n) is 3.89. The number of hydrogen-bond donors (Lipinski definition) is 2. The number of carbonyl (C=O) groups excluding carboxylic acids is 1. The SMILES string of the molecule is CC(=O)NCCCCCCCC(C)O. The van der Waals surface area contributed by atoms with Gasteiger partial charge in [0.05, 0.1) is 6.10 Å². The summed E-state index contributed by atoms with van der Waals surface area (Å²) in [4.78, 5) is 10.5. The largest absolute Gasteiger partial charge is 0.393 e. The van der Waals surface area contributed by atoms with Gasteiger partial charge in [0.2, 0.25) is 5.91 Å². The lowest BCUT2D eigenvalue weighted by Gasteiger charge is -2.04. The summed E-state index contributed by atoms with van der Waals surface area (Å²) in [5, 5.41) is 11.8. The number of unbranched alkanes of at least 4 members (excludes halogenated alkanes) is 4. The van der Waals surface area contributed by atoms with Crippen LogP contribution in [0.2, 0.25) is 0 Å². The van der Waals surface area contributed by atoms with E-state index in [4.69, 9.17) is 5.11 Å². The van der Waals surface area contributed by atoms with Crippen molar-refractivity contribution in [3.05, 3.63) is 0 Å². The van der Waals surface area contributed by atoms with Crippen LogP contribution in [0.25, 0.3) is 0 Å². The van der Waals surface area contributed by atoms with E-state index in [2.05, 4.69) is 5.32 Å². The van der Waals surface area contributed by atoms with Gasteiger partial charge in [0, 0.05) is 13.5 Å². The molecule has 0 aliphatic carbocycles. The lowest BCUT2D eigenvalue weighted by atomic mass is 10.1. The summed E-state index contributed by atoms with van der Waals surface area (Å²) in [6.07, 6.45) is 6.48. The molecule has 1 unspecified atom stereocenters. The minimum absolute atomic E-state index is 0.0547. The molecule has 0 aliphatic heterocycles. The molecule has 0 aromatic rings. The van der Waals surface area contributed by atoms with Gasteiger partial charge >= 0.3 is 0 Å². The smallest absolute Gasteiger partial charge is 0.216 e. The van der Waals surface area contributed by atoms with E-state index in [1.165, 1.54) is 19.3 Å². The predicted molar refractivity (Wildman–Crippen MR) is 58.1 cm³/mol. The van der Waals surface area contributed by atoms with Gasteiger partial charge < -0.3 is 10.4 Å². The minimum atomic E-state index is -0.158. The first kappa shape index (κ1) is 13.4. The Labute approximate surface area is 86.9 Å². The summed E-state index contributed by atoms with van der Waals surface area (Å²) in [7, 11) is 0. The van der Waals surface area contributed by atoms with Crippen molar-refractivity contribution in [2.75, 3.05) is 6.54 Å². The standard InChI is InChI=1S/C11H23NO2/c1-10(13)8-6-4-3-5-7-9-12-11(2)14/h10,13H,3-9H2,1-2H3,(H,12,14). The van der Waals surface area contributed by atoms with Crippen LogP contribution in [0, 0.1) is 0 Å². The predicted octanol–water partition coefficient (Wildman–Crippen LogP) is 1.84. The minimum Gasteiger partial charge on any atom is -0.393 e. The van der Waals surface area contributed by atoms with Crippen LogP contribution in [-0.4, -0.2) is 23.7 Å². The number of nitrogens with one attached hydrogen (secondary N) is 1. The molecule has 0 aromatic carbocycles. The summed E-state index contributed by atoms with van der Waals surface area (Å²) in [6, 6.07) is 0. The van der Waals surface area contributed by atoms with Gasteiger partial charge in [-0.05, 0) is 19.8 Å². The van der Waals surface area contributed by atoms with Crippen molar-refractivity contribution in [3.63, 3.8) is 0 Å². The van der Waals surface area contributed by atoms with E-state index in [1.807, 2.05) is 6.92 Å². The lowest BCUT2D eigenvalue weighted by Crippen LogP contribution is -2.20. The quantitative estimate of drug-likeness (QED) is 0.589. The van der Waals surface area contributed by atoms with Crippen LogP contribution < -0.4 is 5.32 Å². The number of rotatable bonds is 8. The topological polar surface area (TPSA) is 49.3 Å². The van der Waals surface area contributed by atoms with Crippen LogP contribution in [0.1, 0.15) is 52.4 Å². The zero-order chi connectivity index (χ0) is 10.8. The van der Waals surface area contributed by atoms with Gasteiger partial charge in [0.25, 0.3) is 0 Å². The van der Waals surface area contributed by atoms with Crippen LogP contribution in [0.5, 0.6) is 0 Å². The van der Waals surface area contributed by atoms with E-state index < -0.39 is 0 Å². The summed E-state index contributed by atoms with van der Waals surface area (Å²) in [5.74, 6) is 0.0547. The van der Waals surface area contributed by atoms with Crippen molar-refractivity contribution in [2.24, 2.45) is 0 Å². The molecule has 1 atom stereocenters. The van der Waals surface area contributed by atoms with E-state index in [0.717, 1.165) is 25.8 Å². The Morgan fingerprint density at radius 2 is 1.79 bits per heavy atom. The molecule has 0 spiro atoms. The van der Waals surface area contributed by atoms with Crippen molar-refractivity contribution in [1.82, 2.24) is 5.32 Å². The molecule has 0 saturated heterocycles. The molecule has 3 heteroatoms. The van der Waals surface area contributed by atoms with Gasteiger partial charge in [-0.3, -0.25) is 4.79 Å². The second kappa shape index (κ2) is 9.00. The zero-order valence-electron chi connectivity index (χ0n) is 9.38. The van der Waals surface area contributed by atoms with Gasteiger partial charge in [0.1, 0.15) is 0 Å². The third-order valence-electron chi connectivity index (χ3n) is 2.17. The van der Waals surface area contributed by atoms with Crippen LogP contribution in [0.3, 0.4) is 0 Å². The number of aliphatic hydroxyl groups excluding tert-OH is 1. The molecule has 0 aliphatic rings. The van der Waals surface area contributed by atoms with Crippen LogP contribution >= 0.6 is 0 Å². The Morgan fingerprint density at radius 3 is 2.36 bits per heavy atom. The molecule has 1 amide bonds. The summed E-state index contributed by atoms with van der Waals surface area (Å²) in [5.41, 5.74) is 0. The van der Waals surface area contributed by atoms with Gasteiger partial charge in [-0.2, -0.15) is 0 Å². The molecule has 0 saturated carbocycles. The highest BCUT2D eigenvalue weighted by Crippen LogP contribution is 2.06. The molecule has 3 nitrogen and oxygen atoms in total. The Balaban J connectivity index is 2.96. The van der Waals surface area contributed by atoms with Gasteiger partial charge in [0.15, 0.2) is 0 Å². The Bertz CT molecular complexity index is 146. The van der Waals surface area contributed by atoms with Gasteiger partial charge in [-0.1, -0.05) is 25.7 Å². The molecule has 14 heavy (non-hydrogen) atoms. The lowest BCUT2D eigenvalue weighted by molar-refractivity contribution is -0.118. The fourth-order valence-corrected chi connectivity index (χ4v) is 1.36. The third kappa shape index (κ3) is 11.4. The van der Waals surface area contributed by atoms with E-state index in [0.29, 0.717) is 0 Å². The van der Waals surface area contributed by atoms with Crippen molar-refractivity contribution in [2.45, 2.75) is 58.5 Å². The summed E-state index contributed by atoms with van der Waals surface area (Å²) in [6.45, 7) is 4.17. The third-order valence-corrected chi connectivity index (χ3v) is 2.17. The molecule has 0 rings (SSSR count). The first-order valence-electron chi connectivity index (χ1n) is 5.55. The monoisotopic (exact) mass is 201 g/mol. The fraction of sp³-hybridized carbons (Fsp3) is 0.909. The van der Waals surface area contributed by atoms with Gasteiger partial charge in [-0.15, -0.1) is 0 Å². The van der Waals surface area contributed by atoms with Crippen LogP contribution in [0.15, 0.2) is 0 Å². The van der Waals surface area contributed by atoms with E-state index in [9.17, 15) is 4.79 Å². The molecule has 0 radical (unpaired) electrons. The fourth-order valence-electron chi connectivity index (χ4n) is 1.36. The van der Waals surface area contributed by atoms with Crippen molar-refractivity contribution >= 4 is 5.91 Å². The van der Waals surface area contributed by atoms with E-state index in [1.54, 1.807) is 6.92 Å². The number of hydrogen-bond acceptors (Lipinski definition) is 2. The Morgan fingerprint density at radius 1 is 1.21 bits per heavy atom. The zero-order valence-corrected chi connectivity index (χ0v) is 9.38. The molecule has 84 valence electrons. The number of carbonyl (C=O) groups is 1. The van der Waals surface area contributed by atoms with Gasteiger partial charge in [-0.25, -0.2) is 0 Å². The maximum atomic E-state index is 10.5. The molecule has 0 fully saturated rings. The average Bonchev–Trinajstić information content (AvgIpc) is 2.08. The van der Waals surface area contributed by atoms with Crippen molar-refractivity contribution < 1.29 is 9.90 Å². The first-order chi connectivity index (χ1) is 6.63. The molecule has 2 N–H and O–H groups in total. The Hall–Kier alpha value is -0.570. The number of aliphatic hydroxyl groups is 1. The van der Waals surface area contributed by atoms with E-state index in [-0.39, 0.29) is 12.0 Å². The maximum absolute atomic E-state index is 10.5. The summed E-state index contributed by atoms with van der Waals surface area (Å²) >= 11 is 0. The van der Waals surface area contributed by atoms with Crippen LogP contribution in [-0.2, 0) is 4.79 Å². The van der Waals surface area contributed by atoms with Crippen LogP contribution in [0.4, 0.5) is 0 Å². The highest BCUT2D eigenvalue weighted by Gasteiger charge is 1.95. The maximum Gasteiger partial charge on any atom is 0.216 e. The first-order valence-corrected chi connectivity index (χ1v) is 5.55.